The number of para-hydroxylation sites is 1. The number of nitrogens with one attached hydrogen (secondary N) is 1. The predicted octanol–water partition coefficient (Wildman–Crippen LogP) is 2.17. The molecule has 7 heteroatoms. The number of hydrogen-bond acceptors (Lipinski definition) is 3. The molecule has 2 N–H and O–H groups in total. The Morgan fingerprint density at radius 2 is 1.96 bits per heavy atom. The molecule has 24 heavy (non-hydrogen) atoms. The summed E-state index contributed by atoms with van der Waals surface area (Å²) in [6.45, 7) is 0.350. The fourth-order valence-electron chi connectivity index (χ4n) is 3.44. The van der Waals surface area contributed by atoms with Crippen molar-refractivity contribution in [2.75, 3.05) is 11.4 Å². The SMILES string of the molecule is O=C(N[C@H]1CC[C@@H](C(=O)O)C1)C1CC(=O)N(c2ccccc2Br)C1. The van der Waals surface area contributed by atoms with Crippen molar-refractivity contribution in [2.24, 2.45) is 11.8 Å². The van der Waals surface area contributed by atoms with Crippen LogP contribution in [0.3, 0.4) is 0 Å². The molecule has 1 heterocycles. The van der Waals surface area contributed by atoms with Crippen LogP contribution in [0.4, 0.5) is 5.69 Å². The Hall–Kier alpha value is -1.89. The van der Waals surface area contributed by atoms with Gasteiger partial charge in [-0.1, -0.05) is 12.1 Å². The molecule has 1 saturated carbocycles. The predicted molar refractivity (Wildman–Crippen MR) is 91.5 cm³/mol. The first-order chi connectivity index (χ1) is 11.5. The molecular weight excluding hydrogens is 376 g/mol. The highest BCUT2D eigenvalue weighted by atomic mass is 79.9. The third-order valence-corrected chi connectivity index (χ3v) is 5.44. The molecule has 128 valence electrons. The normalized spacial score (nSPS) is 26.6. The Morgan fingerprint density at radius 3 is 2.62 bits per heavy atom. The molecule has 0 aromatic heterocycles. The molecule has 0 radical (unpaired) electrons. The Morgan fingerprint density at radius 1 is 1.21 bits per heavy atom. The average molecular weight is 395 g/mol. The molecule has 1 unspecified atom stereocenters. The van der Waals surface area contributed by atoms with Crippen molar-refractivity contribution in [3.63, 3.8) is 0 Å². The summed E-state index contributed by atoms with van der Waals surface area (Å²) in [5.74, 6) is -1.81. The second-order valence-corrected chi connectivity index (χ2v) is 7.26. The lowest BCUT2D eigenvalue weighted by Gasteiger charge is -2.19. The van der Waals surface area contributed by atoms with E-state index in [1.807, 2.05) is 24.3 Å². The summed E-state index contributed by atoms with van der Waals surface area (Å²) >= 11 is 3.43. The van der Waals surface area contributed by atoms with Gasteiger partial charge in [-0.2, -0.15) is 0 Å². The fourth-order valence-corrected chi connectivity index (χ4v) is 3.94. The van der Waals surface area contributed by atoms with E-state index < -0.39 is 11.9 Å². The topological polar surface area (TPSA) is 86.7 Å². The van der Waals surface area contributed by atoms with Gasteiger partial charge in [-0.3, -0.25) is 14.4 Å². The van der Waals surface area contributed by atoms with Crippen LogP contribution >= 0.6 is 15.9 Å². The molecule has 6 nitrogen and oxygen atoms in total. The first-order valence-corrected chi connectivity index (χ1v) is 8.83. The van der Waals surface area contributed by atoms with E-state index in [0.29, 0.717) is 25.8 Å². The minimum absolute atomic E-state index is 0.0723. The summed E-state index contributed by atoms with van der Waals surface area (Å²) in [5, 5.41) is 11.9. The summed E-state index contributed by atoms with van der Waals surface area (Å²) in [4.78, 5) is 37.3. The van der Waals surface area contributed by atoms with E-state index in [2.05, 4.69) is 21.2 Å². The maximum absolute atomic E-state index is 12.4. The van der Waals surface area contributed by atoms with Crippen molar-refractivity contribution in [3.8, 4) is 0 Å². The monoisotopic (exact) mass is 394 g/mol. The smallest absolute Gasteiger partial charge is 0.306 e. The first-order valence-electron chi connectivity index (χ1n) is 8.03. The molecule has 1 aliphatic carbocycles. The van der Waals surface area contributed by atoms with E-state index in [1.54, 1.807) is 4.90 Å². The molecule has 2 fully saturated rings. The molecule has 3 atom stereocenters. The molecular formula is C17H19BrN2O4. The largest absolute Gasteiger partial charge is 0.481 e. The van der Waals surface area contributed by atoms with Crippen LogP contribution in [0.15, 0.2) is 28.7 Å². The summed E-state index contributed by atoms with van der Waals surface area (Å²) in [7, 11) is 0. The molecule has 2 amide bonds. The molecule has 1 aromatic carbocycles. The molecule has 1 aliphatic heterocycles. The fraction of sp³-hybridized carbons (Fsp3) is 0.471. The summed E-state index contributed by atoms with van der Waals surface area (Å²) in [6.07, 6.45) is 1.92. The van der Waals surface area contributed by atoms with Crippen LogP contribution in [0, 0.1) is 11.8 Å². The minimum Gasteiger partial charge on any atom is -0.481 e. The number of nitrogens with zero attached hydrogens (tertiary/aromatic N) is 1. The maximum Gasteiger partial charge on any atom is 0.306 e. The van der Waals surface area contributed by atoms with Gasteiger partial charge in [-0.15, -0.1) is 0 Å². The number of halogens is 1. The lowest BCUT2D eigenvalue weighted by atomic mass is 10.1. The second-order valence-electron chi connectivity index (χ2n) is 6.41. The van der Waals surface area contributed by atoms with Crippen molar-refractivity contribution >= 4 is 39.4 Å². The highest BCUT2D eigenvalue weighted by Gasteiger charge is 2.38. The Kier molecular flexibility index (Phi) is 4.89. The summed E-state index contributed by atoms with van der Waals surface area (Å²) in [5.41, 5.74) is 0.768. The van der Waals surface area contributed by atoms with Crippen LogP contribution in [0.2, 0.25) is 0 Å². The van der Waals surface area contributed by atoms with Gasteiger partial charge in [0.1, 0.15) is 0 Å². The summed E-state index contributed by atoms with van der Waals surface area (Å²) in [6, 6.07) is 7.33. The van der Waals surface area contributed by atoms with Crippen LogP contribution in [0.1, 0.15) is 25.7 Å². The Bertz CT molecular complexity index is 678. The number of carboxylic acid groups (broad SMARTS) is 1. The van der Waals surface area contributed by atoms with E-state index in [-0.39, 0.29) is 30.2 Å². The van der Waals surface area contributed by atoms with E-state index in [0.717, 1.165) is 10.2 Å². The third kappa shape index (κ3) is 3.45. The molecule has 1 saturated heterocycles. The number of aliphatic carboxylic acids is 1. The van der Waals surface area contributed by atoms with Crippen LogP contribution in [-0.2, 0) is 14.4 Å². The van der Waals surface area contributed by atoms with Crippen LogP contribution in [0.25, 0.3) is 0 Å². The summed E-state index contributed by atoms with van der Waals surface area (Å²) < 4.78 is 0.819. The first kappa shape index (κ1) is 17.0. The number of carboxylic acids is 1. The van der Waals surface area contributed by atoms with E-state index in [4.69, 9.17) is 5.11 Å². The second kappa shape index (κ2) is 6.93. The van der Waals surface area contributed by atoms with E-state index >= 15 is 0 Å². The maximum atomic E-state index is 12.4. The number of carbonyl (C=O) groups excluding carboxylic acids is 2. The highest BCUT2D eigenvalue weighted by Crippen LogP contribution is 2.32. The van der Waals surface area contributed by atoms with Crippen molar-refractivity contribution in [3.05, 3.63) is 28.7 Å². The lowest BCUT2D eigenvalue weighted by Crippen LogP contribution is -2.39. The van der Waals surface area contributed by atoms with Crippen LogP contribution in [-0.4, -0.2) is 35.5 Å². The molecule has 2 aliphatic rings. The average Bonchev–Trinajstić information content (AvgIpc) is 3.15. The van der Waals surface area contributed by atoms with Gasteiger partial charge in [0, 0.05) is 23.5 Å². The number of carbonyl (C=O) groups is 3. The van der Waals surface area contributed by atoms with Gasteiger partial charge < -0.3 is 15.3 Å². The van der Waals surface area contributed by atoms with Gasteiger partial charge in [0.2, 0.25) is 11.8 Å². The van der Waals surface area contributed by atoms with Gasteiger partial charge in [0.05, 0.1) is 17.5 Å². The zero-order chi connectivity index (χ0) is 17.3. The zero-order valence-corrected chi connectivity index (χ0v) is 14.7. The zero-order valence-electron chi connectivity index (χ0n) is 13.1. The highest BCUT2D eigenvalue weighted by molar-refractivity contribution is 9.10. The van der Waals surface area contributed by atoms with Crippen molar-refractivity contribution in [1.82, 2.24) is 5.32 Å². The lowest BCUT2D eigenvalue weighted by molar-refractivity contribution is -0.141. The number of amides is 2. The van der Waals surface area contributed by atoms with Crippen LogP contribution in [0.5, 0.6) is 0 Å². The van der Waals surface area contributed by atoms with Gasteiger partial charge in [0.25, 0.3) is 0 Å². The standard InChI is InChI=1S/C17H19BrN2O4/c18-13-3-1-2-4-14(13)20-9-11(8-15(20)21)16(22)19-12-6-5-10(7-12)17(23)24/h1-4,10-12H,5-9H2,(H,19,22)(H,23,24)/t10-,11?,12+/m1/s1. The van der Waals surface area contributed by atoms with Crippen molar-refractivity contribution in [2.45, 2.75) is 31.7 Å². The van der Waals surface area contributed by atoms with E-state index in [1.165, 1.54) is 0 Å². The van der Waals surface area contributed by atoms with Gasteiger partial charge in [-0.05, 0) is 47.3 Å². The van der Waals surface area contributed by atoms with Gasteiger partial charge in [0.15, 0.2) is 0 Å². The Labute approximate surface area is 148 Å². The number of hydrogen-bond donors (Lipinski definition) is 2. The molecule has 1 aromatic rings. The number of benzene rings is 1. The molecule has 0 spiro atoms. The third-order valence-electron chi connectivity index (χ3n) is 4.77. The van der Waals surface area contributed by atoms with Gasteiger partial charge >= 0.3 is 5.97 Å². The minimum atomic E-state index is -0.803. The van der Waals surface area contributed by atoms with Crippen LogP contribution < -0.4 is 10.2 Å². The molecule has 0 bridgehead atoms. The van der Waals surface area contributed by atoms with Crippen molar-refractivity contribution < 1.29 is 19.5 Å². The van der Waals surface area contributed by atoms with Gasteiger partial charge in [-0.25, -0.2) is 0 Å². The Balaban J connectivity index is 1.61. The number of anilines is 1. The quantitative estimate of drug-likeness (QED) is 0.818. The van der Waals surface area contributed by atoms with Crippen molar-refractivity contribution in [1.29, 1.82) is 0 Å². The van der Waals surface area contributed by atoms with E-state index in [9.17, 15) is 14.4 Å². The number of rotatable bonds is 4. The molecule has 3 rings (SSSR count).